The largest absolute Gasteiger partial charge is 0.497 e. The van der Waals surface area contributed by atoms with Crippen molar-refractivity contribution in [2.24, 2.45) is 0 Å². The molecule has 6 nitrogen and oxygen atoms in total. The third-order valence-corrected chi connectivity index (χ3v) is 3.33. The molecule has 2 aromatic rings. The van der Waals surface area contributed by atoms with E-state index >= 15 is 0 Å². The molecule has 0 saturated heterocycles. The molecule has 0 spiro atoms. The lowest BCUT2D eigenvalue weighted by Gasteiger charge is -2.00. The van der Waals surface area contributed by atoms with Crippen LogP contribution in [0.15, 0.2) is 24.3 Å². The molecule has 1 aromatic heterocycles. The van der Waals surface area contributed by atoms with Gasteiger partial charge in [-0.3, -0.25) is 10.1 Å². The highest BCUT2D eigenvalue weighted by Crippen LogP contribution is 2.27. The summed E-state index contributed by atoms with van der Waals surface area (Å²) in [6, 6.07) is 7.18. The quantitative estimate of drug-likeness (QED) is 0.865. The van der Waals surface area contributed by atoms with Crippen molar-refractivity contribution in [2.75, 3.05) is 12.4 Å². The number of anilines is 1. The van der Waals surface area contributed by atoms with Gasteiger partial charge in [-0.1, -0.05) is 11.3 Å². The molecular formula is C12H15N4O2S+. The van der Waals surface area contributed by atoms with Crippen molar-refractivity contribution < 1.29 is 15.3 Å². The summed E-state index contributed by atoms with van der Waals surface area (Å²) in [6.45, 7) is 1.72. The summed E-state index contributed by atoms with van der Waals surface area (Å²) in [5, 5.41) is 11.9. The molecule has 0 unspecified atom stereocenters. The molecule has 100 valence electrons. The Kier molecular flexibility index (Phi) is 4.08. The Morgan fingerprint density at radius 1 is 1.37 bits per heavy atom. The van der Waals surface area contributed by atoms with E-state index in [-0.39, 0.29) is 11.9 Å². The predicted octanol–water partition coefficient (Wildman–Crippen LogP) is 0.783. The summed E-state index contributed by atoms with van der Waals surface area (Å²) < 4.78 is 5.09. The van der Waals surface area contributed by atoms with E-state index in [0.717, 1.165) is 16.3 Å². The number of nitrogens with one attached hydrogen (secondary N) is 1. The van der Waals surface area contributed by atoms with Crippen LogP contribution in [0.1, 0.15) is 6.92 Å². The van der Waals surface area contributed by atoms with E-state index in [9.17, 15) is 4.79 Å². The Morgan fingerprint density at radius 2 is 2.05 bits per heavy atom. The molecule has 7 heteroatoms. The maximum Gasteiger partial charge on any atom is 0.284 e. The fraction of sp³-hybridized carbons (Fsp3) is 0.250. The van der Waals surface area contributed by atoms with Crippen molar-refractivity contribution in [3.05, 3.63) is 24.3 Å². The number of quaternary nitrogens is 1. The van der Waals surface area contributed by atoms with Crippen LogP contribution < -0.4 is 15.8 Å². The van der Waals surface area contributed by atoms with Crippen LogP contribution in [0.25, 0.3) is 10.6 Å². The second-order valence-electron chi connectivity index (χ2n) is 4.03. The average molecular weight is 279 g/mol. The zero-order chi connectivity index (χ0) is 13.8. The van der Waals surface area contributed by atoms with Gasteiger partial charge in [-0.05, 0) is 31.2 Å². The molecule has 19 heavy (non-hydrogen) atoms. The minimum Gasteiger partial charge on any atom is -0.497 e. The van der Waals surface area contributed by atoms with Crippen LogP contribution in [-0.4, -0.2) is 29.3 Å². The number of nitrogens with zero attached hydrogens (tertiary/aromatic N) is 2. The number of carbonyl (C=O) groups is 1. The Bertz CT molecular complexity index is 565. The van der Waals surface area contributed by atoms with Crippen molar-refractivity contribution in [2.45, 2.75) is 13.0 Å². The van der Waals surface area contributed by atoms with E-state index < -0.39 is 0 Å². The molecule has 1 aromatic carbocycles. The second kappa shape index (κ2) is 5.77. The van der Waals surface area contributed by atoms with Gasteiger partial charge in [0.15, 0.2) is 6.04 Å². The van der Waals surface area contributed by atoms with Crippen LogP contribution in [0.2, 0.25) is 0 Å². The number of amides is 1. The molecule has 0 saturated carbocycles. The van der Waals surface area contributed by atoms with Crippen LogP contribution in [0.4, 0.5) is 5.13 Å². The summed E-state index contributed by atoms with van der Waals surface area (Å²) in [5.41, 5.74) is 4.58. The first kappa shape index (κ1) is 13.4. The van der Waals surface area contributed by atoms with Crippen LogP contribution in [-0.2, 0) is 4.79 Å². The lowest BCUT2D eigenvalue weighted by Crippen LogP contribution is -2.64. The number of benzene rings is 1. The van der Waals surface area contributed by atoms with Crippen molar-refractivity contribution >= 4 is 22.4 Å². The van der Waals surface area contributed by atoms with Crippen LogP contribution in [0, 0.1) is 0 Å². The molecule has 0 aliphatic rings. The van der Waals surface area contributed by atoms with Crippen LogP contribution in [0.3, 0.4) is 0 Å². The Hall–Kier alpha value is -1.99. The lowest BCUT2D eigenvalue weighted by molar-refractivity contribution is -0.396. The number of hydrogen-bond acceptors (Lipinski definition) is 5. The first-order valence-electron chi connectivity index (χ1n) is 5.72. The fourth-order valence-electron chi connectivity index (χ4n) is 1.35. The van der Waals surface area contributed by atoms with E-state index in [2.05, 4.69) is 21.2 Å². The Balaban J connectivity index is 2.13. The van der Waals surface area contributed by atoms with Gasteiger partial charge in [-0.15, -0.1) is 10.2 Å². The predicted molar refractivity (Wildman–Crippen MR) is 72.9 cm³/mol. The zero-order valence-electron chi connectivity index (χ0n) is 10.7. The molecule has 0 aliphatic carbocycles. The van der Waals surface area contributed by atoms with Gasteiger partial charge in [-0.25, -0.2) is 0 Å². The third-order valence-electron chi connectivity index (χ3n) is 2.44. The molecule has 0 aliphatic heterocycles. The normalized spacial score (nSPS) is 11.9. The zero-order valence-corrected chi connectivity index (χ0v) is 11.5. The summed E-state index contributed by atoms with van der Waals surface area (Å²) in [4.78, 5) is 11.5. The van der Waals surface area contributed by atoms with Gasteiger partial charge in [0.1, 0.15) is 10.8 Å². The minimum absolute atomic E-state index is 0.169. The lowest BCUT2D eigenvalue weighted by atomic mass is 10.2. The molecule has 0 bridgehead atoms. The number of rotatable bonds is 4. The molecule has 1 amide bonds. The van der Waals surface area contributed by atoms with E-state index in [1.54, 1.807) is 14.0 Å². The summed E-state index contributed by atoms with van der Waals surface area (Å²) in [5.74, 6) is 0.616. The molecule has 4 N–H and O–H groups in total. The fourth-order valence-corrected chi connectivity index (χ4v) is 2.10. The second-order valence-corrected chi connectivity index (χ2v) is 5.01. The number of methoxy groups -OCH3 is 1. The first-order chi connectivity index (χ1) is 9.10. The van der Waals surface area contributed by atoms with Gasteiger partial charge < -0.3 is 10.5 Å². The monoisotopic (exact) mass is 279 g/mol. The first-order valence-corrected chi connectivity index (χ1v) is 6.53. The highest BCUT2D eigenvalue weighted by Gasteiger charge is 2.14. The summed E-state index contributed by atoms with van der Waals surface area (Å²) in [6.07, 6.45) is 0. The minimum atomic E-state index is -0.326. The van der Waals surface area contributed by atoms with Gasteiger partial charge >= 0.3 is 0 Å². The molecule has 1 atom stereocenters. The standard InChI is InChI=1S/C12H14N4O2S/c1-7(13)10(17)14-12-16-15-11(19-12)8-3-5-9(18-2)6-4-8/h3-7H,13H2,1-2H3,(H,14,16,17)/p+1/t7-/m1/s1. The van der Waals surface area contributed by atoms with Gasteiger partial charge in [0.2, 0.25) is 5.13 Å². The Morgan fingerprint density at radius 3 is 2.63 bits per heavy atom. The average Bonchev–Trinajstić information content (AvgIpc) is 2.87. The van der Waals surface area contributed by atoms with Crippen molar-refractivity contribution in [3.8, 4) is 16.3 Å². The smallest absolute Gasteiger partial charge is 0.284 e. The summed E-state index contributed by atoms with van der Waals surface area (Å²) >= 11 is 1.32. The van der Waals surface area contributed by atoms with Gasteiger partial charge in [-0.2, -0.15) is 0 Å². The Labute approximate surface area is 114 Å². The van der Waals surface area contributed by atoms with E-state index in [1.807, 2.05) is 24.3 Å². The molecule has 2 rings (SSSR count). The highest BCUT2D eigenvalue weighted by molar-refractivity contribution is 7.18. The molecular weight excluding hydrogens is 264 g/mol. The van der Waals surface area contributed by atoms with E-state index in [1.165, 1.54) is 11.3 Å². The SMILES string of the molecule is COc1ccc(-c2nnc(NC(=O)[C@@H](C)[NH3+])s2)cc1. The topological polar surface area (TPSA) is 91.8 Å². The molecule has 0 radical (unpaired) electrons. The molecule has 0 fully saturated rings. The van der Waals surface area contributed by atoms with Gasteiger partial charge in [0.25, 0.3) is 5.91 Å². The highest BCUT2D eigenvalue weighted by atomic mass is 32.1. The number of carbonyl (C=O) groups excluding carboxylic acids is 1. The van der Waals surface area contributed by atoms with Crippen molar-refractivity contribution in [1.82, 2.24) is 10.2 Å². The van der Waals surface area contributed by atoms with Gasteiger partial charge in [0, 0.05) is 5.56 Å². The number of aromatic nitrogens is 2. The molecule has 1 heterocycles. The third kappa shape index (κ3) is 3.27. The summed E-state index contributed by atoms with van der Waals surface area (Å²) in [7, 11) is 1.62. The number of hydrogen-bond donors (Lipinski definition) is 2. The maximum absolute atomic E-state index is 11.5. The van der Waals surface area contributed by atoms with E-state index in [4.69, 9.17) is 4.74 Å². The van der Waals surface area contributed by atoms with Crippen LogP contribution in [0.5, 0.6) is 5.75 Å². The maximum atomic E-state index is 11.5. The van der Waals surface area contributed by atoms with Crippen molar-refractivity contribution in [1.29, 1.82) is 0 Å². The van der Waals surface area contributed by atoms with E-state index in [0.29, 0.717) is 5.13 Å². The van der Waals surface area contributed by atoms with Crippen molar-refractivity contribution in [3.63, 3.8) is 0 Å². The number of ether oxygens (including phenoxy) is 1. The van der Waals surface area contributed by atoms with Gasteiger partial charge in [0.05, 0.1) is 7.11 Å². The van der Waals surface area contributed by atoms with Crippen LogP contribution >= 0.6 is 11.3 Å².